The van der Waals surface area contributed by atoms with E-state index in [0.717, 1.165) is 57.2 Å². The van der Waals surface area contributed by atoms with Gasteiger partial charge in [0, 0.05) is 109 Å². The Kier molecular flexibility index (Phi) is 30.0. The van der Waals surface area contributed by atoms with Gasteiger partial charge in [-0.15, -0.1) is 0 Å². The number of hydrogen-bond donors (Lipinski definition) is 12. The fourth-order valence-electron chi connectivity index (χ4n) is 15.3. The summed E-state index contributed by atoms with van der Waals surface area (Å²) in [6.07, 6.45) is 22.5. The van der Waals surface area contributed by atoms with Gasteiger partial charge in [-0.05, 0) is 184 Å². The maximum atomic E-state index is 14.4. The predicted molar refractivity (Wildman–Crippen MR) is 542 cm³/mol. The third-order valence-electron chi connectivity index (χ3n) is 24.0. The topological polar surface area (TPSA) is 499 Å². The van der Waals surface area contributed by atoms with E-state index in [1.807, 2.05) is 26.0 Å². The maximum absolute atomic E-state index is 14.4. The highest BCUT2D eigenvalue weighted by atomic mass is 35.5. The third-order valence-corrected chi connectivity index (χ3v) is 25.0. The Bertz CT molecular complexity index is 7460. The van der Waals surface area contributed by atoms with Crippen molar-refractivity contribution in [1.82, 2.24) is 78.0 Å². The number of nitrogens with one attached hydrogen (secondary N) is 8. The molecule has 15 N–H and O–H groups in total. The molecular weight excluding hydrogens is 1960 g/mol. The molecule has 12 heterocycles. The highest BCUT2D eigenvalue weighted by molar-refractivity contribution is 6.33. The Hall–Kier alpha value is -15.8. The molecule has 748 valence electrons. The smallest absolute Gasteiger partial charge is 0.324 e. The molecule has 46 heteroatoms. The second kappa shape index (κ2) is 43.2. The third kappa shape index (κ3) is 23.8. The molecule has 4 saturated heterocycles. The van der Waals surface area contributed by atoms with Crippen LogP contribution < -0.4 is 59.7 Å². The van der Waals surface area contributed by atoms with Crippen molar-refractivity contribution in [2.45, 2.75) is 134 Å². The Morgan fingerprint density at radius 1 is 0.455 bits per heavy atom. The number of rotatable bonds is 31. The van der Waals surface area contributed by atoms with Crippen LogP contribution in [-0.4, -0.2) is 194 Å². The molecule has 8 aromatic heterocycles. The molecule has 4 amide bonds. The van der Waals surface area contributed by atoms with Crippen LogP contribution in [0.3, 0.4) is 0 Å². The van der Waals surface area contributed by atoms with Crippen LogP contribution in [0, 0.1) is 34.7 Å². The Labute approximate surface area is 846 Å². The molecule has 12 aromatic rings. The van der Waals surface area contributed by atoms with Crippen LogP contribution in [0.15, 0.2) is 193 Å². The quantitative estimate of drug-likeness (QED) is 0.0142. The first kappa shape index (κ1) is 101. The number of fused-ring (bicyclic) bond motifs is 4. The van der Waals surface area contributed by atoms with Crippen molar-refractivity contribution in [2.75, 3.05) is 76.0 Å². The number of carbonyl (C=O) groups is 7. The number of nitriles is 1. The van der Waals surface area contributed by atoms with Gasteiger partial charge in [0.05, 0.1) is 96.4 Å². The van der Waals surface area contributed by atoms with Crippen molar-refractivity contribution in [3.05, 3.63) is 259 Å². The van der Waals surface area contributed by atoms with E-state index in [4.69, 9.17) is 88.1 Å². The normalized spacial score (nSPS) is 17.2. The summed E-state index contributed by atoms with van der Waals surface area (Å²) in [5, 5.41) is 63.9. The molecule has 8 fully saturated rings. The average Bonchev–Trinajstić information content (AvgIpc) is 1.64. The lowest BCUT2D eigenvalue weighted by Gasteiger charge is -2.20. The number of aliphatic hydroxyl groups is 1. The first-order chi connectivity index (χ1) is 69.6. The van der Waals surface area contributed by atoms with Crippen LogP contribution in [-0.2, 0) is 47.8 Å². The monoisotopic (exact) mass is 2050 g/mol. The van der Waals surface area contributed by atoms with E-state index >= 15 is 0 Å². The van der Waals surface area contributed by atoms with Crippen molar-refractivity contribution in [3.63, 3.8) is 0 Å². The largest absolute Gasteiger partial charge is 0.443 e. The summed E-state index contributed by atoms with van der Waals surface area (Å²) in [6.45, 7) is 19.6. The maximum Gasteiger partial charge on any atom is 0.324 e. The number of benzene rings is 4. The molecule has 0 spiro atoms. The lowest BCUT2D eigenvalue weighted by atomic mass is 10.1. The van der Waals surface area contributed by atoms with E-state index < -0.39 is 54.2 Å². The van der Waals surface area contributed by atoms with E-state index in [-0.39, 0.29) is 99.0 Å². The zero-order chi connectivity index (χ0) is 103. The minimum absolute atomic E-state index is 0.0722. The predicted octanol–water partition coefficient (Wildman–Crippen LogP) is 15.4. The summed E-state index contributed by atoms with van der Waals surface area (Å²) >= 11 is 24.5. The number of hydrogen-bond acceptors (Lipinski definition) is 31. The number of allylic oxidation sites excluding steroid dienone is 4. The molecule has 20 rings (SSSR count). The highest BCUT2D eigenvalue weighted by Crippen LogP contribution is 2.41. The van der Waals surface area contributed by atoms with Crippen LogP contribution in [0.25, 0.3) is 46.9 Å². The minimum atomic E-state index is -0.799. The fraction of sp³-hybridized carbons (Fsp3) is 0.273. The van der Waals surface area contributed by atoms with Crippen LogP contribution in [0.5, 0.6) is 0 Å². The molecular formula is C99H97Cl4F3N28O11. The summed E-state index contributed by atoms with van der Waals surface area (Å²) in [5.41, 5.74) is 27.3. The number of halogens is 7. The van der Waals surface area contributed by atoms with Gasteiger partial charge in [-0.2, -0.15) is 43.7 Å². The molecule has 0 radical (unpaired) electrons. The summed E-state index contributed by atoms with van der Waals surface area (Å²) in [6, 6.07) is 26.7. The molecule has 2 atom stereocenters. The van der Waals surface area contributed by atoms with Crippen molar-refractivity contribution < 1.29 is 66.1 Å². The first-order valence-electron chi connectivity index (χ1n) is 45.9. The molecule has 2 unspecified atom stereocenters. The Morgan fingerprint density at radius 3 is 1.04 bits per heavy atom. The summed E-state index contributed by atoms with van der Waals surface area (Å²) in [5.74, 6) is 0.288. The van der Waals surface area contributed by atoms with Gasteiger partial charge in [0.15, 0.2) is 42.8 Å². The molecule has 4 aliphatic heterocycles. The van der Waals surface area contributed by atoms with Crippen molar-refractivity contribution in [3.8, 4) is 6.07 Å². The number of nitrogens with two attached hydrogens (primary N) is 3. The zero-order valence-corrected chi connectivity index (χ0v) is 81.3. The first-order valence-corrected chi connectivity index (χ1v) is 47.5. The van der Waals surface area contributed by atoms with Gasteiger partial charge < -0.3 is 79.1 Å². The van der Waals surface area contributed by atoms with Crippen LogP contribution >= 0.6 is 46.4 Å². The van der Waals surface area contributed by atoms with Gasteiger partial charge in [-0.3, -0.25) is 53.2 Å². The molecule has 8 aliphatic rings. The van der Waals surface area contributed by atoms with Crippen LogP contribution in [0.1, 0.15) is 126 Å². The van der Waals surface area contributed by atoms with Gasteiger partial charge in [0.25, 0.3) is 0 Å². The number of esters is 3. The fourth-order valence-corrected chi connectivity index (χ4v) is 16.1. The number of aromatic nitrogens is 12. The number of likely N-dealkylation sites (tertiary alicyclic amines) is 4. The van der Waals surface area contributed by atoms with Crippen molar-refractivity contribution >= 4 is 204 Å². The number of ether oxygens (including phenoxy) is 3. The van der Waals surface area contributed by atoms with E-state index in [2.05, 4.69) is 110 Å². The summed E-state index contributed by atoms with van der Waals surface area (Å²) in [7, 11) is 0. The summed E-state index contributed by atoms with van der Waals surface area (Å²) in [4.78, 5) is 109. The van der Waals surface area contributed by atoms with Crippen LogP contribution in [0.2, 0.25) is 20.1 Å². The van der Waals surface area contributed by atoms with Gasteiger partial charge in [-0.1, -0.05) is 86.6 Å². The zero-order valence-electron chi connectivity index (χ0n) is 78.3. The van der Waals surface area contributed by atoms with E-state index in [0.29, 0.717) is 186 Å². The number of aliphatic hydroxyl groups excluding tert-OH is 1. The Balaban J connectivity index is 0.000000133. The molecule has 4 aliphatic carbocycles. The van der Waals surface area contributed by atoms with Gasteiger partial charge >= 0.3 is 17.9 Å². The SMILES string of the molecule is C=C1/C(=C/c2cnn3c(NC4CC4)cc(Nc4cc(Cl)ccc4F)nc23)CC(=O)N1COC(=O)C(C)N.C=C1/C(=C/c2cnn3c(NC4CC4)cc(Nc4cc(Cl)ccc4F)nc23)CC(=O)N1COC(=O)C(N)C(C)C.C=C1/C(=C/c2cnn3c(NC4CC4)cc(Nc4cc(Cl)ccc4F)nc23)CC(=O)N1COC(=O)CN.C=C1/C(=C/c2cnn3c(NC4CC4)cc(Nc4ccc(C#N)cc4Cl)nc23)CC(=O)N1CO. The standard InChI is InChI=1S/C27H29ClFN7O3.C25H25ClFN7O3.C24H23ClFN7O3.C23H20ClN7O2/c1-14(2)25(30)27(38)39-13-35-15(3)16(9-24(35)37)8-17-12-31-36-23(32-19-5-6-19)11-22(34-26(17)36)33-21-10-18(28)4-7-20(21)29;1-13(28)25(36)37-12-33-14(2)15(8-23(33)35)7-16-11-29-34-22(30-18-4-5-18)10-21(32-24(16)34)31-20-9-17(26)3-6-19(20)27;1-13-14(7-22(34)32(13)12-36-23(35)10-27)6-15-11-28-33-21(29-17-3-4-17)9-20(31-24(15)33)30-19-8-16(25)2-5-18(19)26;1-13-15(8-22(33)30(13)12-32)7-16-11-26-31-21(27-17-3-4-17)9-20(29-23(16)31)28-19-5-2-14(10-25)6-18(19)24/h4,7-8,10-12,14,19,25,32H,3,5-6,9,13,30H2,1-2H3,(H,33,34);3,6-7,9-11,13,18,30H,2,4-5,8,12,28H2,1H3,(H,31,32);2,5-6,8-9,11,17,29H,1,3-4,7,10,12,27H2,(H,30,31);2,5-7,9,11,17,27,32H,1,3-4,8,12H2,(H,28,29)/b16-8+;15-7+;14-6+;15-7+. The van der Waals surface area contributed by atoms with Crippen molar-refractivity contribution in [1.29, 1.82) is 5.26 Å². The lowest BCUT2D eigenvalue weighted by molar-refractivity contribution is -0.153. The molecule has 0 bridgehead atoms. The number of carbonyl (C=O) groups excluding carboxylic acids is 7. The van der Waals surface area contributed by atoms with Gasteiger partial charge in [-0.25, -0.2) is 33.1 Å². The number of anilines is 12. The van der Waals surface area contributed by atoms with Crippen LogP contribution in [0.4, 0.5) is 82.5 Å². The Morgan fingerprint density at radius 2 is 0.759 bits per heavy atom. The average molecular weight is 2050 g/mol. The number of amides is 4. The second-order valence-electron chi connectivity index (χ2n) is 35.5. The lowest BCUT2D eigenvalue weighted by Crippen LogP contribution is -2.39. The van der Waals surface area contributed by atoms with E-state index in [1.165, 1.54) is 81.1 Å². The van der Waals surface area contributed by atoms with E-state index in [9.17, 15) is 51.8 Å². The molecule has 39 nitrogen and oxygen atoms in total. The minimum Gasteiger partial charge on any atom is -0.443 e. The van der Waals surface area contributed by atoms with Crippen molar-refractivity contribution in [2.24, 2.45) is 23.1 Å². The van der Waals surface area contributed by atoms with Gasteiger partial charge in [0.2, 0.25) is 23.6 Å². The molecule has 4 saturated carbocycles. The highest BCUT2D eigenvalue weighted by Gasteiger charge is 2.37. The number of nitrogens with zero attached hydrogens (tertiary/aromatic N) is 17. The second-order valence-corrected chi connectivity index (χ2v) is 37.2. The molecule has 145 heavy (non-hydrogen) atoms. The van der Waals surface area contributed by atoms with E-state index in [1.54, 1.807) is 97.5 Å². The van der Waals surface area contributed by atoms with Gasteiger partial charge in [0.1, 0.15) is 82.8 Å². The molecule has 4 aromatic carbocycles. The summed E-state index contributed by atoms with van der Waals surface area (Å²) < 4.78 is 65.2.